The maximum atomic E-state index is 6.04. The molecule has 2 aromatic carbocycles. The van der Waals surface area contributed by atoms with Crippen LogP contribution in [0.15, 0.2) is 41.4 Å². The first-order chi connectivity index (χ1) is 12.6. The highest BCUT2D eigenvalue weighted by atomic mass is 35.5. The Morgan fingerprint density at radius 2 is 1.81 bits per heavy atom. The SMILES string of the molecule is CCOc1cc(Cl)ccc1CNC(=NC)Nc1ccc(OC)c(OC)c1. The van der Waals surface area contributed by atoms with E-state index in [9.17, 15) is 0 Å². The van der Waals surface area contributed by atoms with Crippen LogP contribution in [-0.4, -0.2) is 33.8 Å². The zero-order chi connectivity index (χ0) is 18.9. The van der Waals surface area contributed by atoms with Gasteiger partial charge in [0.2, 0.25) is 0 Å². The van der Waals surface area contributed by atoms with Crippen molar-refractivity contribution in [3.05, 3.63) is 47.0 Å². The first kappa shape index (κ1) is 19.7. The normalized spacial score (nSPS) is 11.0. The summed E-state index contributed by atoms with van der Waals surface area (Å²) in [5, 5.41) is 7.13. The van der Waals surface area contributed by atoms with E-state index in [1.54, 1.807) is 21.3 Å². The molecule has 140 valence electrons. The molecule has 2 aromatic rings. The van der Waals surface area contributed by atoms with Gasteiger partial charge in [-0.05, 0) is 31.2 Å². The van der Waals surface area contributed by atoms with E-state index in [0.717, 1.165) is 17.0 Å². The van der Waals surface area contributed by atoms with Crippen LogP contribution in [0.1, 0.15) is 12.5 Å². The Morgan fingerprint density at radius 1 is 1.04 bits per heavy atom. The number of hydrogen-bond donors (Lipinski definition) is 2. The summed E-state index contributed by atoms with van der Waals surface area (Å²) in [6, 6.07) is 11.2. The Balaban J connectivity index is 2.07. The molecule has 0 fully saturated rings. The average Bonchev–Trinajstić information content (AvgIpc) is 2.66. The highest BCUT2D eigenvalue weighted by molar-refractivity contribution is 6.30. The van der Waals surface area contributed by atoms with Crippen molar-refractivity contribution in [1.82, 2.24) is 5.32 Å². The number of methoxy groups -OCH3 is 2. The van der Waals surface area contributed by atoms with Crippen molar-refractivity contribution >= 4 is 23.2 Å². The third-order valence-corrected chi connectivity index (χ3v) is 3.88. The number of halogens is 1. The van der Waals surface area contributed by atoms with Gasteiger partial charge >= 0.3 is 0 Å². The molecule has 0 aliphatic rings. The van der Waals surface area contributed by atoms with E-state index in [0.29, 0.717) is 35.6 Å². The van der Waals surface area contributed by atoms with Crippen LogP contribution in [0.5, 0.6) is 17.2 Å². The van der Waals surface area contributed by atoms with Crippen molar-refractivity contribution in [3.63, 3.8) is 0 Å². The van der Waals surface area contributed by atoms with Gasteiger partial charge in [-0.3, -0.25) is 4.99 Å². The van der Waals surface area contributed by atoms with E-state index in [4.69, 9.17) is 25.8 Å². The molecule has 0 saturated carbocycles. The maximum Gasteiger partial charge on any atom is 0.195 e. The molecular formula is C19H24ClN3O3. The molecule has 0 unspecified atom stereocenters. The van der Waals surface area contributed by atoms with Crippen LogP contribution in [0.25, 0.3) is 0 Å². The molecule has 0 atom stereocenters. The fraction of sp³-hybridized carbons (Fsp3) is 0.316. The van der Waals surface area contributed by atoms with Crippen LogP contribution in [0.3, 0.4) is 0 Å². The van der Waals surface area contributed by atoms with E-state index in [1.165, 1.54) is 0 Å². The molecule has 6 nitrogen and oxygen atoms in total. The molecular weight excluding hydrogens is 354 g/mol. The summed E-state index contributed by atoms with van der Waals surface area (Å²) in [5.74, 6) is 2.69. The van der Waals surface area contributed by atoms with Gasteiger partial charge in [0.15, 0.2) is 17.5 Å². The van der Waals surface area contributed by atoms with Gasteiger partial charge in [0.1, 0.15) is 5.75 Å². The molecule has 26 heavy (non-hydrogen) atoms. The smallest absolute Gasteiger partial charge is 0.195 e. The van der Waals surface area contributed by atoms with E-state index < -0.39 is 0 Å². The van der Waals surface area contributed by atoms with Gasteiger partial charge in [0, 0.05) is 35.9 Å². The Hall–Kier alpha value is -2.60. The molecule has 0 bridgehead atoms. The van der Waals surface area contributed by atoms with E-state index >= 15 is 0 Å². The molecule has 2 rings (SSSR count). The zero-order valence-electron chi connectivity index (χ0n) is 15.4. The third kappa shape index (κ3) is 5.20. The molecule has 0 aliphatic carbocycles. The summed E-state index contributed by atoms with van der Waals surface area (Å²) >= 11 is 6.04. The number of nitrogens with zero attached hydrogens (tertiary/aromatic N) is 1. The molecule has 0 aromatic heterocycles. The highest BCUT2D eigenvalue weighted by Crippen LogP contribution is 2.29. The molecule has 7 heteroatoms. The second-order valence-electron chi connectivity index (χ2n) is 5.31. The van der Waals surface area contributed by atoms with Crippen molar-refractivity contribution in [2.45, 2.75) is 13.5 Å². The second kappa shape index (κ2) is 9.77. The minimum atomic E-state index is 0.541. The van der Waals surface area contributed by atoms with Crippen molar-refractivity contribution in [2.75, 3.05) is 33.2 Å². The summed E-state index contributed by atoms with van der Waals surface area (Å²) in [4.78, 5) is 4.25. The van der Waals surface area contributed by atoms with Gasteiger partial charge < -0.3 is 24.8 Å². The third-order valence-electron chi connectivity index (χ3n) is 3.65. The Bertz CT molecular complexity index is 766. The van der Waals surface area contributed by atoms with Crippen molar-refractivity contribution < 1.29 is 14.2 Å². The summed E-state index contributed by atoms with van der Waals surface area (Å²) in [5.41, 5.74) is 1.82. The minimum Gasteiger partial charge on any atom is -0.493 e. The lowest BCUT2D eigenvalue weighted by Gasteiger charge is -2.15. The number of aliphatic imine (C=N–C) groups is 1. The lowest BCUT2D eigenvalue weighted by atomic mass is 10.2. The minimum absolute atomic E-state index is 0.541. The fourth-order valence-electron chi connectivity index (χ4n) is 2.37. The first-order valence-electron chi connectivity index (χ1n) is 8.22. The number of benzene rings is 2. The fourth-order valence-corrected chi connectivity index (χ4v) is 2.54. The summed E-state index contributed by atoms with van der Waals surface area (Å²) < 4.78 is 16.2. The van der Waals surface area contributed by atoms with Gasteiger partial charge in [-0.25, -0.2) is 0 Å². The predicted molar refractivity (Wildman–Crippen MR) is 106 cm³/mol. The Kier molecular flexibility index (Phi) is 7.41. The van der Waals surface area contributed by atoms with Crippen molar-refractivity contribution in [3.8, 4) is 17.2 Å². The monoisotopic (exact) mass is 377 g/mol. The molecule has 0 radical (unpaired) electrons. The van der Waals surface area contributed by atoms with E-state index in [1.807, 2.05) is 43.3 Å². The number of anilines is 1. The number of hydrogen-bond acceptors (Lipinski definition) is 4. The van der Waals surface area contributed by atoms with Crippen LogP contribution in [0, 0.1) is 0 Å². The summed E-state index contributed by atoms with van der Waals surface area (Å²) in [6.45, 7) is 3.06. The Morgan fingerprint density at radius 3 is 2.46 bits per heavy atom. The Labute approximate surface area is 159 Å². The number of guanidine groups is 1. The quantitative estimate of drug-likeness (QED) is 0.565. The van der Waals surface area contributed by atoms with Crippen molar-refractivity contribution in [1.29, 1.82) is 0 Å². The van der Waals surface area contributed by atoms with Gasteiger partial charge in [0.05, 0.1) is 20.8 Å². The molecule has 0 amide bonds. The summed E-state index contributed by atoms with van der Waals surface area (Å²) in [6.07, 6.45) is 0. The molecule has 0 spiro atoms. The van der Waals surface area contributed by atoms with Crippen LogP contribution in [-0.2, 0) is 6.54 Å². The standard InChI is InChI=1S/C19H24ClN3O3/c1-5-26-17-10-14(20)7-6-13(17)12-22-19(21-2)23-15-8-9-16(24-3)18(11-15)25-4/h6-11H,5,12H2,1-4H3,(H2,21,22,23). The van der Waals surface area contributed by atoms with Crippen LogP contribution in [0.2, 0.25) is 5.02 Å². The van der Waals surface area contributed by atoms with Crippen LogP contribution in [0.4, 0.5) is 5.69 Å². The van der Waals surface area contributed by atoms with E-state index in [-0.39, 0.29) is 0 Å². The zero-order valence-corrected chi connectivity index (χ0v) is 16.2. The average molecular weight is 378 g/mol. The summed E-state index contributed by atoms with van der Waals surface area (Å²) in [7, 11) is 4.92. The largest absolute Gasteiger partial charge is 0.493 e. The van der Waals surface area contributed by atoms with Crippen LogP contribution < -0.4 is 24.8 Å². The predicted octanol–water partition coefficient (Wildman–Crippen LogP) is 3.94. The van der Waals surface area contributed by atoms with Crippen molar-refractivity contribution in [2.24, 2.45) is 4.99 Å². The molecule has 2 N–H and O–H groups in total. The lowest BCUT2D eigenvalue weighted by Crippen LogP contribution is -2.30. The molecule has 0 heterocycles. The number of ether oxygens (including phenoxy) is 3. The second-order valence-corrected chi connectivity index (χ2v) is 5.74. The molecule has 0 aliphatic heterocycles. The first-order valence-corrected chi connectivity index (χ1v) is 8.60. The van der Waals surface area contributed by atoms with Gasteiger partial charge in [-0.1, -0.05) is 17.7 Å². The van der Waals surface area contributed by atoms with Gasteiger partial charge in [0.25, 0.3) is 0 Å². The maximum absolute atomic E-state index is 6.04. The van der Waals surface area contributed by atoms with E-state index in [2.05, 4.69) is 15.6 Å². The van der Waals surface area contributed by atoms with Gasteiger partial charge in [-0.2, -0.15) is 0 Å². The lowest BCUT2D eigenvalue weighted by molar-refractivity contribution is 0.336. The highest BCUT2D eigenvalue weighted by Gasteiger charge is 2.08. The number of rotatable bonds is 7. The molecule has 0 saturated heterocycles. The number of nitrogens with one attached hydrogen (secondary N) is 2. The van der Waals surface area contributed by atoms with Crippen LogP contribution >= 0.6 is 11.6 Å². The topological polar surface area (TPSA) is 64.1 Å². The van der Waals surface area contributed by atoms with Gasteiger partial charge in [-0.15, -0.1) is 0 Å².